The Balaban J connectivity index is 2.32. The van der Waals surface area contributed by atoms with Gasteiger partial charge in [0.1, 0.15) is 0 Å². The molecule has 0 aliphatic carbocycles. The SMILES string of the molecule is CC1(C)C(O)CCCN1c1cccc(Cl)c1. The van der Waals surface area contributed by atoms with Gasteiger partial charge in [-0.1, -0.05) is 17.7 Å². The lowest BCUT2D eigenvalue weighted by Crippen LogP contribution is -2.56. The number of aliphatic hydroxyl groups excluding tert-OH is 1. The molecule has 0 radical (unpaired) electrons. The van der Waals surface area contributed by atoms with Gasteiger partial charge in [0.2, 0.25) is 0 Å². The van der Waals surface area contributed by atoms with Gasteiger partial charge in [-0.3, -0.25) is 0 Å². The number of halogens is 1. The van der Waals surface area contributed by atoms with E-state index in [0.717, 1.165) is 30.1 Å². The third-order valence-corrected chi connectivity index (χ3v) is 3.73. The molecule has 2 nitrogen and oxygen atoms in total. The molecule has 1 aromatic rings. The first-order chi connectivity index (χ1) is 7.51. The lowest BCUT2D eigenvalue weighted by molar-refractivity contribution is 0.0712. The van der Waals surface area contributed by atoms with Crippen LogP contribution < -0.4 is 4.90 Å². The van der Waals surface area contributed by atoms with E-state index in [4.69, 9.17) is 11.6 Å². The summed E-state index contributed by atoms with van der Waals surface area (Å²) in [4.78, 5) is 2.24. The van der Waals surface area contributed by atoms with E-state index in [2.05, 4.69) is 18.7 Å². The highest BCUT2D eigenvalue weighted by atomic mass is 35.5. The maximum atomic E-state index is 10.1. The van der Waals surface area contributed by atoms with Crippen molar-refractivity contribution in [2.75, 3.05) is 11.4 Å². The molecule has 1 atom stereocenters. The van der Waals surface area contributed by atoms with Crippen LogP contribution in [-0.4, -0.2) is 23.3 Å². The van der Waals surface area contributed by atoms with Crippen molar-refractivity contribution in [1.29, 1.82) is 0 Å². The molecule has 1 aromatic carbocycles. The predicted molar refractivity (Wildman–Crippen MR) is 68.1 cm³/mol. The Bertz CT molecular complexity index is 378. The minimum atomic E-state index is -0.278. The Labute approximate surface area is 102 Å². The molecule has 1 fully saturated rings. The number of hydrogen-bond donors (Lipinski definition) is 1. The first-order valence-electron chi connectivity index (χ1n) is 5.73. The Kier molecular flexibility index (Phi) is 3.13. The predicted octanol–water partition coefficient (Wildman–Crippen LogP) is 3.08. The second-order valence-electron chi connectivity index (χ2n) is 4.94. The average molecular weight is 240 g/mol. The summed E-state index contributed by atoms with van der Waals surface area (Å²) in [5.74, 6) is 0. The molecule has 0 amide bonds. The van der Waals surface area contributed by atoms with Crippen LogP contribution in [0.4, 0.5) is 5.69 Å². The Morgan fingerprint density at radius 2 is 2.19 bits per heavy atom. The standard InChI is InChI=1S/C13H18ClNO/c1-13(2)12(16)7-4-8-15(13)11-6-3-5-10(14)9-11/h3,5-6,9,12,16H,4,7-8H2,1-2H3. The maximum absolute atomic E-state index is 10.1. The molecule has 0 spiro atoms. The average Bonchev–Trinajstić information content (AvgIpc) is 2.22. The summed E-state index contributed by atoms with van der Waals surface area (Å²) in [6.45, 7) is 5.14. The molecule has 2 rings (SSSR count). The summed E-state index contributed by atoms with van der Waals surface area (Å²) in [6, 6.07) is 7.83. The van der Waals surface area contributed by atoms with E-state index in [1.807, 2.05) is 24.3 Å². The number of piperidine rings is 1. The third kappa shape index (κ3) is 2.04. The van der Waals surface area contributed by atoms with Crippen molar-refractivity contribution in [2.45, 2.75) is 38.3 Å². The molecule has 0 bridgehead atoms. The fraction of sp³-hybridized carbons (Fsp3) is 0.538. The number of rotatable bonds is 1. The summed E-state index contributed by atoms with van der Waals surface area (Å²) in [5, 5.41) is 10.8. The topological polar surface area (TPSA) is 23.5 Å². The van der Waals surface area contributed by atoms with Gasteiger partial charge in [0.05, 0.1) is 11.6 Å². The smallest absolute Gasteiger partial charge is 0.0767 e. The lowest BCUT2D eigenvalue weighted by atomic mass is 9.87. The van der Waals surface area contributed by atoms with Gasteiger partial charge < -0.3 is 10.0 Å². The number of hydrogen-bond acceptors (Lipinski definition) is 2. The van der Waals surface area contributed by atoms with Gasteiger partial charge >= 0.3 is 0 Å². The second-order valence-corrected chi connectivity index (χ2v) is 5.38. The van der Waals surface area contributed by atoms with Gasteiger partial charge in [-0.25, -0.2) is 0 Å². The van der Waals surface area contributed by atoms with E-state index in [9.17, 15) is 5.11 Å². The van der Waals surface area contributed by atoms with Crippen LogP contribution in [0.3, 0.4) is 0 Å². The number of benzene rings is 1. The van der Waals surface area contributed by atoms with Gasteiger partial charge in [0, 0.05) is 17.3 Å². The van der Waals surface area contributed by atoms with Crippen molar-refractivity contribution in [3.63, 3.8) is 0 Å². The molecule has 0 aromatic heterocycles. The van der Waals surface area contributed by atoms with Gasteiger partial charge in [-0.15, -0.1) is 0 Å². The molecule has 1 aliphatic heterocycles. The summed E-state index contributed by atoms with van der Waals surface area (Å²) in [6.07, 6.45) is 1.63. The largest absolute Gasteiger partial charge is 0.391 e. The normalized spacial score (nSPS) is 24.5. The van der Waals surface area contributed by atoms with Gasteiger partial charge in [0.15, 0.2) is 0 Å². The molecule has 3 heteroatoms. The van der Waals surface area contributed by atoms with Crippen LogP contribution in [0, 0.1) is 0 Å². The monoisotopic (exact) mass is 239 g/mol. The van der Waals surface area contributed by atoms with Crippen LogP contribution >= 0.6 is 11.6 Å². The van der Waals surface area contributed by atoms with Crippen molar-refractivity contribution in [3.8, 4) is 0 Å². The van der Waals surface area contributed by atoms with E-state index in [1.54, 1.807) is 0 Å². The van der Waals surface area contributed by atoms with Crippen LogP contribution in [-0.2, 0) is 0 Å². The summed E-state index contributed by atoms with van der Waals surface area (Å²) < 4.78 is 0. The molecular weight excluding hydrogens is 222 g/mol. The molecular formula is C13H18ClNO. The maximum Gasteiger partial charge on any atom is 0.0767 e. The van der Waals surface area contributed by atoms with Crippen molar-refractivity contribution in [1.82, 2.24) is 0 Å². The van der Waals surface area contributed by atoms with Crippen LogP contribution in [0.25, 0.3) is 0 Å². The zero-order valence-corrected chi connectivity index (χ0v) is 10.5. The van der Waals surface area contributed by atoms with Gasteiger partial charge in [-0.2, -0.15) is 0 Å². The van der Waals surface area contributed by atoms with E-state index in [1.165, 1.54) is 0 Å². The van der Waals surface area contributed by atoms with E-state index >= 15 is 0 Å². The Morgan fingerprint density at radius 3 is 2.88 bits per heavy atom. The quantitative estimate of drug-likeness (QED) is 0.814. The Morgan fingerprint density at radius 1 is 1.44 bits per heavy atom. The Hall–Kier alpha value is -0.730. The third-order valence-electron chi connectivity index (χ3n) is 3.49. The van der Waals surface area contributed by atoms with Crippen molar-refractivity contribution in [2.24, 2.45) is 0 Å². The van der Waals surface area contributed by atoms with Gasteiger partial charge in [-0.05, 0) is 44.9 Å². The minimum absolute atomic E-state index is 0.219. The van der Waals surface area contributed by atoms with E-state index in [0.29, 0.717) is 0 Å². The van der Waals surface area contributed by atoms with E-state index in [-0.39, 0.29) is 11.6 Å². The fourth-order valence-corrected chi connectivity index (χ4v) is 2.55. The van der Waals surface area contributed by atoms with Crippen LogP contribution in [0.15, 0.2) is 24.3 Å². The van der Waals surface area contributed by atoms with E-state index < -0.39 is 0 Å². The molecule has 88 valence electrons. The van der Waals surface area contributed by atoms with Crippen molar-refractivity contribution >= 4 is 17.3 Å². The summed E-state index contributed by atoms with van der Waals surface area (Å²) >= 11 is 6.00. The van der Waals surface area contributed by atoms with Crippen LogP contribution in [0.1, 0.15) is 26.7 Å². The highest BCUT2D eigenvalue weighted by Gasteiger charge is 2.37. The minimum Gasteiger partial charge on any atom is -0.391 e. The van der Waals surface area contributed by atoms with Gasteiger partial charge in [0.25, 0.3) is 0 Å². The van der Waals surface area contributed by atoms with Crippen LogP contribution in [0.5, 0.6) is 0 Å². The lowest BCUT2D eigenvalue weighted by Gasteiger charge is -2.47. The molecule has 1 unspecified atom stereocenters. The summed E-state index contributed by atoms with van der Waals surface area (Å²) in [5.41, 5.74) is 0.874. The number of nitrogens with zero attached hydrogens (tertiary/aromatic N) is 1. The number of aliphatic hydroxyl groups is 1. The van der Waals surface area contributed by atoms with Crippen molar-refractivity contribution < 1.29 is 5.11 Å². The molecule has 1 aliphatic rings. The second kappa shape index (κ2) is 4.27. The highest BCUT2D eigenvalue weighted by molar-refractivity contribution is 6.30. The fourth-order valence-electron chi connectivity index (χ4n) is 2.37. The zero-order valence-electron chi connectivity index (χ0n) is 9.78. The first-order valence-corrected chi connectivity index (χ1v) is 6.11. The molecule has 1 saturated heterocycles. The molecule has 1 heterocycles. The highest BCUT2D eigenvalue weighted by Crippen LogP contribution is 2.33. The summed E-state index contributed by atoms with van der Waals surface area (Å²) in [7, 11) is 0. The molecule has 1 N–H and O–H groups in total. The first kappa shape index (κ1) is 11.7. The number of anilines is 1. The van der Waals surface area contributed by atoms with Crippen molar-refractivity contribution in [3.05, 3.63) is 29.3 Å². The molecule has 0 saturated carbocycles. The zero-order chi connectivity index (χ0) is 11.8. The molecule has 16 heavy (non-hydrogen) atoms. The van der Waals surface area contributed by atoms with Crippen LogP contribution in [0.2, 0.25) is 5.02 Å².